The van der Waals surface area contributed by atoms with E-state index in [1.807, 2.05) is 30.3 Å². The third-order valence-electron chi connectivity index (χ3n) is 3.43. The average molecular weight is 262 g/mol. The Balaban J connectivity index is 2.13. The topological polar surface area (TPSA) is 72.6 Å². The van der Waals surface area contributed by atoms with Gasteiger partial charge in [0.25, 0.3) is 0 Å². The van der Waals surface area contributed by atoms with Gasteiger partial charge in [-0.3, -0.25) is 4.79 Å². The van der Waals surface area contributed by atoms with Crippen molar-refractivity contribution in [3.8, 4) is 0 Å². The molecule has 1 saturated heterocycles. The van der Waals surface area contributed by atoms with Crippen molar-refractivity contribution in [3.05, 3.63) is 35.9 Å². The van der Waals surface area contributed by atoms with Crippen LogP contribution >= 0.6 is 0 Å². The van der Waals surface area contributed by atoms with Gasteiger partial charge in [0, 0.05) is 6.54 Å². The Kier molecular flexibility index (Phi) is 4.16. The zero-order valence-corrected chi connectivity index (χ0v) is 10.9. The summed E-state index contributed by atoms with van der Waals surface area (Å²) < 4.78 is 4.73. The first-order valence-corrected chi connectivity index (χ1v) is 6.34. The van der Waals surface area contributed by atoms with Crippen LogP contribution in [0.2, 0.25) is 0 Å². The van der Waals surface area contributed by atoms with Crippen molar-refractivity contribution in [2.45, 2.75) is 24.9 Å². The SMILES string of the molecule is COC(=O)C1CCCN1C(=O)[C@@H](N)c1ccccc1. The fraction of sp³-hybridized carbons (Fsp3) is 0.429. The highest BCUT2D eigenvalue weighted by Crippen LogP contribution is 2.22. The first kappa shape index (κ1) is 13.5. The first-order chi connectivity index (χ1) is 9.15. The molecule has 1 fully saturated rings. The molecule has 1 aromatic rings. The Morgan fingerprint density at radius 3 is 2.68 bits per heavy atom. The quantitative estimate of drug-likeness (QED) is 0.820. The van der Waals surface area contributed by atoms with Gasteiger partial charge in [0.1, 0.15) is 12.1 Å². The van der Waals surface area contributed by atoms with Crippen molar-refractivity contribution in [2.24, 2.45) is 5.73 Å². The Labute approximate surface area is 112 Å². The van der Waals surface area contributed by atoms with Gasteiger partial charge in [-0.15, -0.1) is 0 Å². The smallest absolute Gasteiger partial charge is 0.328 e. The van der Waals surface area contributed by atoms with E-state index >= 15 is 0 Å². The van der Waals surface area contributed by atoms with E-state index < -0.39 is 12.1 Å². The summed E-state index contributed by atoms with van der Waals surface area (Å²) >= 11 is 0. The minimum absolute atomic E-state index is 0.223. The maximum atomic E-state index is 12.4. The fourth-order valence-electron chi connectivity index (χ4n) is 2.39. The lowest BCUT2D eigenvalue weighted by Crippen LogP contribution is -2.45. The lowest BCUT2D eigenvalue weighted by atomic mass is 10.1. The Bertz CT molecular complexity index is 461. The number of amides is 1. The molecular weight excluding hydrogens is 244 g/mol. The van der Waals surface area contributed by atoms with Crippen molar-refractivity contribution >= 4 is 11.9 Å². The number of benzene rings is 1. The maximum absolute atomic E-state index is 12.4. The fourth-order valence-corrected chi connectivity index (χ4v) is 2.39. The molecule has 0 saturated carbocycles. The molecule has 19 heavy (non-hydrogen) atoms. The van der Waals surface area contributed by atoms with E-state index in [1.165, 1.54) is 12.0 Å². The zero-order chi connectivity index (χ0) is 13.8. The summed E-state index contributed by atoms with van der Waals surface area (Å²) in [4.78, 5) is 25.5. The third kappa shape index (κ3) is 2.76. The van der Waals surface area contributed by atoms with Crippen molar-refractivity contribution in [1.29, 1.82) is 0 Å². The van der Waals surface area contributed by atoms with Crippen molar-refractivity contribution in [3.63, 3.8) is 0 Å². The molecule has 2 rings (SSSR count). The summed E-state index contributed by atoms with van der Waals surface area (Å²) in [5.41, 5.74) is 6.73. The van der Waals surface area contributed by atoms with E-state index in [0.717, 1.165) is 12.0 Å². The molecule has 1 aliphatic heterocycles. The predicted molar refractivity (Wildman–Crippen MR) is 70.1 cm³/mol. The number of carbonyl (C=O) groups excluding carboxylic acids is 2. The lowest BCUT2D eigenvalue weighted by molar-refractivity contribution is -0.151. The van der Waals surface area contributed by atoms with Crippen LogP contribution in [0.1, 0.15) is 24.4 Å². The van der Waals surface area contributed by atoms with Gasteiger partial charge in [0.05, 0.1) is 7.11 Å². The first-order valence-electron chi connectivity index (χ1n) is 6.34. The van der Waals surface area contributed by atoms with Crippen LogP contribution in [0.5, 0.6) is 0 Å². The molecule has 1 amide bonds. The van der Waals surface area contributed by atoms with Crippen LogP contribution in [0.25, 0.3) is 0 Å². The molecule has 2 N–H and O–H groups in total. The summed E-state index contributed by atoms with van der Waals surface area (Å²) in [6.45, 7) is 0.555. The normalized spacial score (nSPS) is 20.1. The van der Waals surface area contributed by atoms with E-state index in [0.29, 0.717) is 13.0 Å². The largest absolute Gasteiger partial charge is 0.467 e. The Hall–Kier alpha value is -1.88. The number of esters is 1. The van der Waals surface area contributed by atoms with Crippen molar-refractivity contribution < 1.29 is 14.3 Å². The van der Waals surface area contributed by atoms with E-state index in [1.54, 1.807) is 0 Å². The summed E-state index contributed by atoms with van der Waals surface area (Å²) in [6, 6.07) is 7.94. The number of nitrogens with two attached hydrogens (primary N) is 1. The standard InChI is InChI=1S/C14H18N2O3/c1-19-14(18)11-8-5-9-16(11)13(17)12(15)10-6-3-2-4-7-10/h2-4,6-7,11-12H,5,8-9,15H2,1H3/t11?,12-/m0/s1. The summed E-state index contributed by atoms with van der Waals surface area (Å²) in [6.07, 6.45) is 1.44. The highest BCUT2D eigenvalue weighted by atomic mass is 16.5. The third-order valence-corrected chi connectivity index (χ3v) is 3.43. The molecule has 0 radical (unpaired) electrons. The zero-order valence-electron chi connectivity index (χ0n) is 10.9. The second-order valence-electron chi connectivity index (χ2n) is 4.60. The van der Waals surface area contributed by atoms with Crippen LogP contribution in [0.3, 0.4) is 0 Å². The van der Waals surface area contributed by atoms with Gasteiger partial charge in [-0.25, -0.2) is 4.79 Å². The number of ether oxygens (including phenoxy) is 1. The molecule has 0 aliphatic carbocycles. The number of rotatable bonds is 3. The van der Waals surface area contributed by atoms with Crippen LogP contribution in [-0.4, -0.2) is 36.5 Å². The Morgan fingerprint density at radius 2 is 2.05 bits per heavy atom. The van der Waals surface area contributed by atoms with Gasteiger partial charge < -0.3 is 15.4 Å². The molecule has 5 nitrogen and oxygen atoms in total. The molecular formula is C14H18N2O3. The summed E-state index contributed by atoms with van der Waals surface area (Å²) in [5, 5.41) is 0. The molecule has 1 heterocycles. The van der Waals surface area contributed by atoms with E-state index in [4.69, 9.17) is 10.5 Å². The van der Waals surface area contributed by atoms with Gasteiger partial charge >= 0.3 is 5.97 Å². The van der Waals surface area contributed by atoms with Gasteiger partial charge in [-0.2, -0.15) is 0 Å². The number of hydrogen-bond acceptors (Lipinski definition) is 4. The molecule has 2 atom stereocenters. The van der Waals surface area contributed by atoms with Crippen LogP contribution in [0.4, 0.5) is 0 Å². The average Bonchev–Trinajstić information content (AvgIpc) is 2.95. The highest BCUT2D eigenvalue weighted by molar-refractivity contribution is 5.88. The monoisotopic (exact) mass is 262 g/mol. The molecule has 0 aromatic heterocycles. The van der Waals surface area contributed by atoms with Crippen molar-refractivity contribution in [2.75, 3.05) is 13.7 Å². The molecule has 1 aromatic carbocycles. The summed E-state index contributed by atoms with van der Waals surface area (Å²) in [7, 11) is 1.33. The molecule has 1 aliphatic rings. The number of nitrogens with zero attached hydrogens (tertiary/aromatic N) is 1. The molecule has 1 unspecified atom stereocenters. The van der Waals surface area contributed by atoms with Gasteiger partial charge in [-0.05, 0) is 18.4 Å². The number of hydrogen-bond donors (Lipinski definition) is 1. The van der Waals surface area contributed by atoms with E-state index in [9.17, 15) is 9.59 Å². The highest BCUT2D eigenvalue weighted by Gasteiger charge is 2.37. The van der Waals surface area contributed by atoms with Crippen LogP contribution < -0.4 is 5.73 Å². The van der Waals surface area contributed by atoms with Crippen LogP contribution in [-0.2, 0) is 14.3 Å². The molecule has 0 spiro atoms. The molecule has 0 bridgehead atoms. The van der Waals surface area contributed by atoms with Crippen molar-refractivity contribution in [1.82, 2.24) is 4.90 Å². The maximum Gasteiger partial charge on any atom is 0.328 e. The van der Waals surface area contributed by atoms with E-state index in [-0.39, 0.29) is 11.9 Å². The number of likely N-dealkylation sites (tertiary alicyclic amines) is 1. The van der Waals surface area contributed by atoms with Crippen LogP contribution in [0.15, 0.2) is 30.3 Å². The van der Waals surface area contributed by atoms with Gasteiger partial charge in [-0.1, -0.05) is 30.3 Å². The van der Waals surface area contributed by atoms with Gasteiger partial charge in [0.2, 0.25) is 5.91 Å². The second kappa shape index (κ2) is 5.84. The van der Waals surface area contributed by atoms with E-state index in [2.05, 4.69) is 0 Å². The lowest BCUT2D eigenvalue weighted by Gasteiger charge is -2.25. The molecule has 102 valence electrons. The summed E-state index contributed by atoms with van der Waals surface area (Å²) in [5.74, 6) is -0.592. The minimum Gasteiger partial charge on any atom is -0.467 e. The van der Waals surface area contributed by atoms with Gasteiger partial charge in [0.15, 0.2) is 0 Å². The predicted octanol–water partition coefficient (Wildman–Crippen LogP) is 0.850. The minimum atomic E-state index is -0.730. The van der Waals surface area contributed by atoms with Crippen LogP contribution in [0, 0.1) is 0 Å². The number of methoxy groups -OCH3 is 1. The second-order valence-corrected chi connectivity index (χ2v) is 4.60. The molecule has 5 heteroatoms. The Morgan fingerprint density at radius 1 is 1.37 bits per heavy atom. The number of carbonyl (C=O) groups is 2.